The van der Waals surface area contributed by atoms with Crippen LogP contribution in [0.25, 0.3) is 0 Å². The summed E-state index contributed by atoms with van der Waals surface area (Å²) in [5.74, 6) is -1.75. The summed E-state index contributed by atoms with van der Waals surface area (Å²) < 4.78 is 15.3. The first-order valence-electron chi connectivity index (χ1n) is 6.60. The lowest BCUT2D eigenvalue weighted by Crippen LogP contribution is -2.50. The highest BCUT2D eigenvalue weighted by Gasteiger charge is 2.42. The van der Waals surface area contributed by atoms with Gasteiger partial charge in [0.15, 0.2) is 0 Å². The van der Waals surface area contributed by atoms with E-state index in [1.54, 1.807) is 20.8 Å². The minimum atomic E-state index is -0.632. The number of nitrogens with zero attached hydrogens (tertiary/aromatic N) is 1. The van der Waals surface area contributed by atoms with Gasteiger partial charge in [0.2, 0.25) is 0 Å². The topological polar surface area (TPSA) is 82.1 Å². The Kier molecular flexibility index (Phi) is 3.99. The van der Waals surface area contributed by atoms with E-state index in [0.717, 1.165) is 0 Å². The molecule has 2 fully saturated rings. The predicted molar refractivity (Wildman–Crippen MR) is 66.8 cm³/mol. The first kappa shape index (κ1) is 14.8. The fourth-order valence-electron chi connectivity index (χ4n) is 2.19. The SMILES string of the molecule is CC(C)(C)OC(=O)N1CCOC(C2CC(=O)OC2=O)C1. The van der Waals surface area contributed by atoms with Gasteiger partial charge in [0.05, 0.1) is 31.6 Å². The average Bonchev–Trinajstić information content (AvgIpc) is 2.66. The molecule has 0 radical (unpaired) electrons. The summed E-state index contributed by atoms with van der Waals surface area (Å²) in [6.07, 6.45) is -0.954. The molecule has 0 aliphatic carbocycles. The quantitative estimate of drug-likeness (QED) is 0.521. The lowest BCUT2D eigenvalue weighted by molar-refractivity contribution is -0.155. The van der Waals surface area contributed by atoms with Gasteiger partial charge in [0, 0.05) is 6.54 Å². The summed E-state index contributed by atoms with van der Waals surface area (Å²) in [5.41, 5.74) is -0.576. The van der Waals surface area contributed by atoms with Gasteiger partial charge in [-0.05, 0) is 20.8 Å². The molecular formula is C13H19NO6. The third-order valence-corrected chi connectivity index (χ3v) is 3.10. The second-order valence-electron chi connectivity index (χ2n) is 5.94. The molecule has 0 spiro atoms. The van der Waals surface area contributed by atoms with Crippen LogP contribution in [-0.2, 0) is 23.8 Å². The molecule has 0 aromatic rings. The standard InChI is InChI=1S/C13H19NO6/c1-13(2,3)20-12(17)14-4-5-18-9(7-14)8-6-10(15)19-11(8)16/h8-9H,4-7H2,1-3H3. The number of carbonyl (C=O) groups excluding carboxylic acids is 3. The van der Waals surface area contributed by atoms with Crippen LogP contribution in [0.3, 0.4) is 0 Å². The number of hydrogen-bond donors (Lipinski definition) is 0. The maximum Gasteiger partial charge on any atom is 0.410 e. The fraction of sp³-hybridized carbons (Fsp3) is 0.769. The number of esters is 2. The molecule has 112 valence electrons. The number of carbonyl (C=O) groups is 3. The number of morpholine rings is 1. The molecule has 0 N–H and O–H groups in total. The van der Waals surface area contributed by atoms with E-state index < -0.39 is 35.7 Å². The van der Waals surface area contributed by atoms with Gasteiger partial charge in [-0.2, -0.15) is 0 Å². The van der Waals surface area contributed by atoms with Crippen molar-refractivity contribution in [2.45, 2.75) is 38.9 Å². The number of ether oxygens (including phenoxy) is 3. The van der Waals surface area contributed by atoms with Crippen molar-refractivity contribution < 1.29 is 28.6 Å². The average molecular weight is 285 g/mol. The van der Waals surface area contributed by atoms with Crippen molar-refractivity contribution in [1.82, 2.24) is 4.90 Å². The van der Waals surface area contributed by atoms with E-state index >= 15 is 0 Å². The van der Waals surface area contributed by atoms with E-state index in [9.17, 15) is 14.4 Å². The summed E-state index contributed by atoms with van der Waals surface area (Å²) in [7, 11) is 0. The predicted octanol–water partition coefficient (Wildman–Crippen LogP) is 0.712. The van der Waals surface area contributed by atoms with Crippen LogP contribution in [0.5, 0.6) is 0 Å². The summed E-state index contributed by atoms with van der Waals surface area (Å²) in [5, 5.41) is 0. The van der Waals surface area contributed by atoms with E-state index in [0.29, 0.717) is 13.2 Å². The molecule has 0 aromatic carbocycles. The number of amides is 1. The van der Waals surface area contributed by atoms with Crippen molar-refractivity contribution in [1.29, 1.82) is 0 Å². The van der Waals surface area contributed by atoms with Gasteiger partial charge in [-0.15, -0.1) is 0 Å². The molecule has 0 bridgehead atoms. The smallest absolute Gasteiger partial charge is 0.410 e. The summed E-state index contributed by atoms with van der Waals surface area (Å²) in [6.45, 7) is 6.30. The molecule has 20 heavy (non-hydrogen) atoms. The maximum absolute atomic E-state index is 12.0. The highest BCUT2D eigenvalue weighted by molar-refractivity contribution is 5.95. The Morgan fingerprint density at radius 1 is 1.35 bits per heavy atom. The molecule has 7 heteroatoms. The molecule has 2 heterocycles. The molecule has 2 unspecified atom stereocenters. The van der Waals surface area contributed by atoms with Crippen molar-refractivity contribution in [3.05, 3.63) is 0 Å². The molecule has 0 aromatic heterocycles. The normalized spacial score (nSPS) is 27.4. The molecule has 2 rings (SSSR count). The van der Waals surface area contributed by atoms with E-state index in [1.807, 2.05) is 0 Å². The highest BCUT2D eigenvalue weighted by Crippen LogP contribution is 2.25. The summed E-state index contributed by atoms with van der Waals surface area (Å²) in [6, 6.07) is 0. The van der Waals surface area contributed by atoms with Gasteiger partial charge in [-0.3, -0.25) is 9.59 Å². The van der Waals surface area contributed by atoms with Gasteiger partial charge in [0.1, 0.15) is 5.60 Å². The van der Waals surface area contributed by atoms with Crippen LogP contribution in [0.1, 0.15) is 27.2 Å². The molecular weight excluding hydrogens is 266 g/mol. The zero-order valence-corrected chi connectivity index (χ0v) is 11.9. The molecule has 2 saturated heterocycles. The Hall–Kier alpha value is -1.63. The Morgan fingerprint density at radius 3 is 2.60 bits per heavy atom. The third-order valence-electron chi connectivity index (χ3n) is 3.10. The minimum Gasteiger partial charge on any atom is -0.444 e. The second kappa shape index (κ2) is 5.40. The molecule has 1 amide bonds. The van der Waals surface area contributed by atoms with Gasteiger partial charge >= 0.3 is 18.0 Å². The largest absolute Gasteiger partial charge is 0.444 e. The maximum atomic E-state index is 12.0. The van der Waals surface area contributed by atoms with Crippen LogP contribution in [0.4, 0.5) is 4.79 Å². The first-order valence-corrected chi connectivity index (χ1v) is 6.60. The zero-order valence-electron chi connectivity index (χ0n) is 11.9. The molecule has 2 atom stereocenters. The Labute approximate surface area is 117 Å². The van der Waals surface area contributed by atoms with Crippen LogP contribution < -0.4 is 0 Å². The fourth-order valence-corrected chi connectivity index (χ4v) is 2.19. The number of cyclic esters (lactones) is 2. The Bertz CT molecular complexity index is 427. The molecule has 0 saturated carbocycles. The van der Waals surface area contributed by atoms with Gasteiger partial charge in [0.25, 0.3) is 0 Å². The van der Waals surface area contributed by atoms with Crippen molar-refractivity contribution in [2.75, 3.05) is 19.7 Å². The minimum absolute atomic E-state index is 0.00561. The summed E-state index contributed by atoms with van der Waals surface area (Å²) in [4.78, 5) is 36.1. The zero-order chi connectivity index (χ0) is 14.9. The van der Waals surface area contributed by atoms with E-state index in [1.165, 1.54) is 4.90 Å². The molecule has 7 nitrogen and oxygen atoms in total. The van der Waals surface area contributed by atoms with Crippen molar-refractivity contribution in [3.8, 4) is 0 Å². The van der Waals surface area contributed by atoms with Gasteiger partial charge in [-0.1, -0.05) is 0 Å². The Morgan fingerprint density at radius 2 is 2.05 bits per heavy atom. The third kappa shape index (κ3) is 3.47. The van der Waals surface area contributed by atoms with Gasteiger partial charge < -0.3 is 19.1 Å². The van der Waals surface area contributed by atoms with E-state index in [2.05, 4.69) is 4.74 Å². The van der Waals surface area contributed by atoms with Crippen molar-refractivity contribution >= 4 is 18.0 Å². The number of rotatable bonds is 1. The lowest BCUT2D eigenvalue weighted by atomic mass is 9.99. The van der Waals surface area contributed by atoms with Crippen molar-refractivity contribution in [2.24, 2.45) is 5.92 Å². The van der Waals surface area contributed by atoms with Crippen LogP contribution in [-0.4, -0.2) is 54.3 Å². The van der Waals surface area contributed by atoms with Crippen molar-refractivity contribution in [3.63, 3.8) is 0 Å². The van der Waals surface area contributed by atoms with Crippen LogP contribution in [0.15, 0.2) is 0 Å². The highest BCUT2D eigenvalue weighted by atomic mass is 16.6. The second-order valence-corrected chi connectivity index (χ2v) is 5.94. The van der Waals surface area contributed by atoms with Crippen LogP contribution in [0, 0.1) is 5.92 Å². The molecule has 2 aliphatic heterocycles. The van der Waals surface area contributed by atoms with Gasteiger partial charge in [-0.25, -0.2) is 4.79 Å². The summed E-state index contributed by atoms with van der Waals surface area (Å²) >= 11 is 0. The lowest BCUT2D eigenvalue weighted by Gasteiger charge is -2.35. The molecule has 2 aliphatic rings. The number of hydrogen-bond acceptors (Lipinski definition) is 6. The Balaban J connectivity index is 1.97. The monoisotopic (exact) mass is 285 g/mol. The first-order chi connectivity index (χ1) is 9.26. The van der Waals surface area contributed by atoms with Crippen LogP contribution in [0.2, 0.25) is 0 Å². The van der Waals surface area contributed by atoms with E-state index in [-0.39, 0.29) is 13.0 Å². The van der Waals surface area contributed by atoms with E-state index in [4.69, 9.17) is 9.47 Å². The van der Waals surface area contributed by atoms with Crippen LogP contribution >= 0.6 is 0 Å².